The van der Waals surface area contributed by atoms with Crippen LogP contribution in [0.2, 0.25) is 0 Å². The molecule has 0 saturated carbocycles. The first-order chi connectivity index (χ1) is 14.8. The number of nitrogen functional groups attached to an aromatic ring is 1. The van der Waals surface area contributed by atoms with E-state index in [0.717, 1.165) is 23.9 Å². The van der Waals surface area contributed by atoms with Gasteiger partial charge in [-0.15, -0.1) is 21.5 Å². The molecule has 1 unspecified atom stereocenters. The van der Waals surface area contributed by atoms with E-state index in [-0.39, 0.29) is 5.91 Å². The zero-order chi connectivity index (χ0) is 22.1. The van der Waals surface area contributed by atoms with Crippen LogP contribution in [0.1, 0.15) is 12.7 Å². The monoisotopic (exact) mass is 462 g/mol. The van der Waals surface area contributed by atoms with E-state index in [0.29, 0.717) is 38.7 Å². The number of thioether (sulfide) groups is 1. The van der Waals surface area contributed by atoms with Crippen LogP contribution >= 0.6 is 23.1 Å². The fraction of sp³-hybridized carbons (Fsp3) is 0.158. The number of nitrogens with zero attached hydrogens (tertiary/aromatic N) is 4. The summed E-state index contributed by atoms with van der Waals surface area (Å²) in [6, 6.07) is 5.25. The predicted molar refractivity (Wildman–Crippen MR) is 114 cm³/mol. The summed E-state index contributed by atoms with van der Waals surface area (Å²) in [5.74, 6) is 4.95. The highest BCUT2D eigenvalue weighted by Crippen LogP contribution is 2.29. The molecule has 3 N–H and O–H groups in total. The number of hydrogen-bond acceptors (Lipinski definition) is 8. The third-order valence-electron chi connectivity index (χ3n) is 4.37. The lowest BCUT2D eigenvalue weighted by atomic mass is 10.2. The first-order valence-corrected chi connectivity index (χ1v) is 10.7. The number of thiazole rings is 1. The summed E-state index contributed by atoms with van der Waals surface area (Å²) < 4.78 is 33.1. The molecule has 4 aromatic rings. The molecule has 0 aliphatic carbocycles. The lowest BCUT2D eigenvalue weighted by Crippen LogP contribution is -2.23. The van der Waals surface area contributed by atoms with Crippen LogP contribution in [0.25, 0.3) is 22.6 Å². The minimum absolute atomic E-state index is 0.319. The van der Waals surface area contributed by atoms with Crippen molar-refractivity contribution in [3.05, 3.63) is 53.3 Å². The second-order valence-electron chi connectivity index (χ2n) is 6.48. The number of carbonyl (C=O) groups is 1. The van der Waals surface area contributed by atoms with Crippen molar-refractivity contribution in [1.82, 2.24) is 19.9 Å². The number of carbonyl (C=O) groups excluding carboxylic acids is 1. The van der Waals surface area contributed by atoms with Crippen LogP contribution in [-0.2, 0) is 4.79 Å². The molecule has 0 spiro atoms. The zero-order valence-electron chi connectivity index (χ0n) is 16.3. The van der Waals surface area contributed by atoms with E-state index in [1.165, 1.54) is 28.3 Å². The van der Waals surface area contributed by atoms with Crippen LogP contribution in [0.5, 0.6) is 0 Å². The van der Waals surface area contributed by atoms with E-state index in [9.17, 15) is 13.6 Å². The van der Waals surface area contributed by atoms with Gasteiger partial charge in [-0.05, 0) is 38.1 Å². The Kier molecular flexibility index (Phi) is 5.74. The van der Waals surface area contributed by atoms with Crippen LogP contribution in [0.4, 0.5) is 13.9 Å². The van der Waals surface area contributed by atoms with Gasteiger partial charge in [-0.3, -0.25) is 4.79 Å². The Morgan fingerprint density at radius 1 is 1.29 bits per heavy atom. The summed E-state index contributed by atoms with van der Waals surface area (Å²) in [7, 11) is 0. The highest BCUT2D eigenvalue weighted by molar-refractivity contribution is 8.00. The molecule has 4 rings (SSSR count). The third kappa shape index (κ3) is 4.30. The average molecular weight is 463 g/mol. The van der Waals surface area contributed by atoms with Crippen molar-refractivity contribution in [2.75, 3.05) is 11.2 Å². The number of benzene rings is 1. The normalized spacial score (nSPS) is 12.1. The summed E-state index contributed by atoms with van der Waals surface area (Å²) >= 11 is 2.31. The van der Waals surface area contributed by atoms with Gasteiger partial charge in [0.15, 0.2) is 22.6 Å². The predicted octanol–water partition coefficient (Wildman–Crippen LogP) is 4.08. The van der Waals surface area contributed by atoms with Gasteiger partial charge in [0.25, 0.3) is 0 Å². The summed E-state index contributed by atoms with van der Waals surface area (Å²) in [6.07, 6.45) is 1.53. The van der Waals surface area contributed by atoms with E-state index < -0.39 is 16.9 Å². The molecule has 12 heteroatoms. The van der Waals surface area contributed by atoms with Crippen molar-refractivity contribution in [3.63, 3.8) is 0 Å². The Hall–Kier alpha value is -3.25. The highest BCUT2D eigenvalue weighted by atomic mass is 32.2. The average Bonchev–Trinajstić information content (AvgIpc) is 3.45. The Morgan fingerprint density at radius 3 is 2.81 bits per heavy atom. The van der Waals surface area contributed by atoms with Gasteiger partial charge in [0, 0.05) is 10.9 Å². The number of halogens is 2. The van der Waals surface area contributed by atoms with Gasteiger partial charge in [0.05, 0.1) is 22.8 Å². The Morgan fingerprint density at radius 2 is 2.10 bits per heavy atom. The van der Waals surface area contributed by atoms with Crippen molar-refractivity contribution in [2.45, 2.75) is 24.3 Å². The van der Waals surface area contributed by atoms with E-state index >= 15 is 0 Å². The van der Waals surface area contributed by atoms with Crippen molar-refractivity contribution < 1.29 is 18.0 Å². The molecule has 8 nitrogen and oxygen atoms in total. The molecule has 0 saturated heterocycles. The number of hydrogen-bond donors (Lipinski definition) is 2. The maximum absolute atomic E-state index is 13.4. The van der Waals surface area contributed by atoms with E-state index in [2.05, 4.69) is 20.5 Å². The smallest absolute Gasteiger partial charge is 0.239 e. The summed E-state index contributed by atoms with van der Waals surface area (Å²) in [5.41, 5.74) is 1.56. The van der Waals surface area contributed by atoms with Gasteiger partial charge in [0.2, 0.25) is 11.1 Å². The molecule has 0 bridgehead atoms. The molecule has 0 radical (unpaired) electrons. The lowest BCUT2D eigenvalue weighted by Gasteiger charge is -2.09. The first-order valence-electron chi connectivity index (χ1n) is 8.97. The van der Waals surface area contributed by atoms with Crippen molar-refractivity contribution in [1.29, 1.82) is 0 Å². The molecule has 160 valence electrons. The second kappa shape index (κ2) is 8.47. The van der Waals surface area contributed by atoms with Crippen molar-refractivity contribution in [2.24, 2.45) is 0 Å². The number of aryl methyl sites for hydroxylation is 1. The summed E-state index contributed by atoms with van der Waals surface area (Å²) in [4.78, 5) is 16.8. The maximum Gasteiger partial charge on any atom is 0.239 e. The Balaban J connectivity index is 1.43. The fourth-order valence-corrected chi connectivity index (χ4v) is 4.19. The molecule has 3 heterocycles. The second-order valence-corrected chi connectivity index (χ2v) is 8.65. The molecule has 0 aliphatic heterocycles. The summed E-state index contributed by atoms with van der Waals surface area (Å²) in [5, 5.41) is 12.6. The van der Waals surface area contributed by atoms with E-state index in [1.807, 2.05) is 0 Å². The molecular weight excluding hydrogens is 446 g/mol. The molecule has 1 aromatic carbocycles. The fourth-order valence-electron chi connectivity index (χ4n) is 2.70. The Bertz CT molecular complexity index is 1250. The van der Waals surface area contributed by atoms with Crippen molar-refractivity contribution >= 4 is 34.1 Å². The van der Waals surface area contributed by atoms with Crippen molar-refractivity contribution in [3.8, 4) is 22.6 Å². The lowest BCUT2D eigenvalue weighted by molar-refractivity contribution is -0.115. The van der Waals surface area contributed by atoms with E-state index in [4.69, 9.17) is 10.3 Å². The van der Waals surface area contributed by atoms with Crippen LogP contribution in [-0.4, -0.2) is 31.0 Å². The van der Waals surface area contributed by atoms with Crippen LogP contribution in [0, 0.1) is 18.6 Å². The van der Waals surface area contributed by atoms with Gasteiger partial charge in [-0.2, -0.15) is 0 Å². The Labute approximate surface area is 183 Å². The van der Waals surface area contributed by atoms with Gasteiger partial charge in [-0.25, -0.2) is 18.4 Å². The number of nitrogens with one attached hydrogen (secondary N) is 1. The number of aromatic nitrogens is 4. The number of amides is 1. The largest absolute Gasteiger partial charge is 0.469 e. The van der Waals surface area contributed by atoms with Crippen LogP contribution in [0.3, 0.4) is 0 Å². The number of rotatable bonds is 6. The number of furan rings is 1. The molecule has 31 heavy (non-hydrogen) atoms. The molecule has 3 aromatic heterocycles. The molecule has 0 aliphatic rings. The number of anilines is 1. The molecule has 1 amide bonds. The minimum atomic E-state index is -0.961. The maximum atomic E-state index is 13.4. The number of nitrogens with two attached hydrogens (primary N) is 1. The summed E-state index contributed by atoms with van der Waals surface area (Å²) in [6.45, 7) is 3.48. The molecular formula is C19H16F2N6O2S2. The van der Waals surface area contributed by atoms with Crippen LogP contribution < -0.4 is 11.2 Å². The molecule has 1 atom stereocenters. The SMILES string of the molecule is Cc1occc1-c1nnc(SC(C)C(=O)Nc2nc(-c3ccc(F)c(F)c3)cs2)n1N. The van der Waals surface area contributed by atoms with E-state index in [1.54, 1.807) is 25.3 Å². The third-order valence-corrected chi connectivity index (χ3v) is 6.18. The minimum Gasteiger partial charge on any atom is -0.469 e. The van der Waals surface area contributed by atoms with Gasteiger partial charge >= 0.3 is 0 Å². The van der Waals surface area contributed by atoms with Crippen LogP contribution in [0.15, 0.2) is 45.5 Å². The van der Waals surface area contributed by atoms with Gasteiger partial charge in [-0.1, -0.05) is 11.8 Å². The van der Waals surface area contributed by atoms with Gasteiger partial charge < -0.3 is 15.6 Å². The highest BCUT2D eigenvalue weighted by Gasteiger charge is 2.22. The zero-order valence-corrected chi connectivity index (χ0v) is 17.9. The first kappa shape index (κ1) is 21.0. The topological polar surface area (TPSA) is 112 Å². The van der Waals surface area contributed by atoms with Gasteiger partial charge in [0.1, 0.15) is 5.76 Å². The quantitative estimate of drug-likeness (QED) is 0.328. The standard InChI is InChI=1S/C19H16F2N6O2S2/c1-9-12(5-6-29-9)16-25-26-19(27(16)22)31-10(2)17(28)24-18-23-15(8-30-18)11-3-4-13(20)14(21)7-11/h3-8,10H,22H2,1-2H3,(H,23,24,28). The molecule has 0 fully saturated rings.